The fraction of sp³-hybridized carbons (Fsp3) is 0.467. The van der Waals surface area contributed by atoms with Crippen LogP contribution in [0.5, 0.6) is 0 Å². The molecule has 2 amide bonds. The number of halogens is 1. The highest BCUT2D eigenvalue weighted by atomic mass is 19.1. The molecule has 1 rings (SSSR count). The lowest BCUT2D eigenvalue weighted by atomic mass is 10.0. The number of benzene rings is 1. The number of carboxylic acid groups (broad SMARTS) is 1. The van der Waals surface area contributed by atoms with Crippen molar-refractivity contribution >= 4 is 12.0 Å². The molecule has 21 heavy (non-hydrogen) atoms. The molecule has 1 unspecified atom stereocenters. The number of hydrogen-bond acceptors (Lipinski definition) is 2. The number of urea groups is 1. The van der Waals surface area contributed by atoms with Crippen molar-refractivity contribution in [3.63, 3.8) is 0 Å². The second-order valence-electron chi connectivity index (χ2n) is 5.30. The van der Waals surface area contributed by atoms with Gasteiger partial charge in [0.15, 0.2) is 0 Å². The first-order chi connectivity index (χ1) is 9.71. The van der Waals surface area contributed by atoms with Crippen LogP contribution in [-0.2, 0) is 4.79 Å². The van der Waals surface area contributed by atoms with E-state index in [0.29, 0.717) is 5.56 Å². The average molecular weight is 296 g/mol. The summed E-state index contributed by atoms with van der Waals surface area (Å²) in [5.74, 6) is -1.51. The van der Waals surface area contributed by atoms with Gasteiger partial charge in [-0.2, -0.15) is 0 Å². The molecule has 0 aliphatic carbocycles. The lowest BCUT2D eigenvalue weighted by molar-refractivity contribution is -0.147. The Hall–Kier alpha value is -2.11. The minimum absolute atomic E-state index is 0.231. The van der Waals surface area contributed by atoms with Gasteiger partial charge in [0.1, 0.15) is 11.4 Å². The highest BCUT2D eigenvalue weighted by Crippen LogP contribution is 2.19. The monoisotopic (exact) mass is 296 g/mol. The van der Waals surface area contributed by atoms with E-state index in [0.717, 1.165) is 0 Å². The van der Waals surface area contributed by atoms with Gasteiger partial charge in [0, 0.05) is 12.1 Å². The summed E-state index contributed by atoms with van der Waals surface area (Å²) in [4.78, 5) is 24.7. The number of carbonyl (C=O) groups is 2. The maximum absolute atomic E-state index is 13.7. The predicted octanol–water partition coefficient (Wildman–Crippen LogP) is 2.78. The van der Waals surface area contributed by atoms with Gasteiger partial charge in [0.05, 0.1) is 6.04 Å². The van der Waals surface area contributed by atoms with E-state index in [2.05, 4.69) is 5.32 Å². The van der Waals surface area contributed by atoms with Gasteiger partial charge in [-0.05, 0) is 33.8 Å². The van der Waals surface area contributed by atoms with Crippen LogP contribution in [0.1, 0.15) is 39.3 Å². The van der Waals surface area contributed by atoms with Crippen LogP contribution in [0.3, 0.4) is 0 Å². The van der Waals surface area contributed by atoms with Crippen LogP contribution in [0, 0.1) is 5.82 Å². The van der Waals surface area contributed by atoms with Crippen LogP contribution in [0.4, 0.5) is 9.18 Å². The lowest BCUT2D eigenvalue weighted by Gasteiger charge is -2.35. The molecule has 116 valence electrons. The Morgan fingerprint density at radius 1 is 1.38 bits per heavy atom. The fourth-order valence-electron chi connectivity index (χ4n) is 2.08. The zero-order chi connectivity index (χ0) is 16.2. The third-order valence-electron chi connectivity index (χ3n) is 3.47. The van der Waals surface area contributed by atoms with E-state index >= 15 is 0 Å². The maximum Gasteiger partial charge on any atom is 0.329 e. The van der Waals surface area contributed by atoms with Crippen molar-refractivity contribution < 1.29 is 19.1 Å². The van der Waals surface area contributed by atoms with Crippen molar-refractivity contribution in [3.8, 4) is 0 Å². The molecule has 0 radical (unpaired) electrons. The van der Waals surface area contributed by atoms with E-state index in [-0.39, 0.29) is 6.54 Å². The Morgan fingerprint density at radius 3 is 2.43 bits per heavy atom. The van der Waals surface area contributed by atoms with E-state index < -0.39 is 29.4 Å². The van der Waals surface area contributed by atoms with E-state index in [1.165, 1.54) is 24.8 Å². The van der Waals surface area contributed by atoms with Gasteiger partial charge in [0.25, 0.3) is 0 Å². The number of aliphatic carboxylic acids is 1. The van der Waals surface area contributed by atoms with Crippen LogP contribution in [0.2, 0.25) is 0 Å². The molecule has 0 bridgehead atoms. The van der Waals surface area contributed by atoms with E-state index in [9.17, 15) is 19.1 Å². The summed E-state index contributed by atoms with van der Waals surface area (Å²) in [7, 11) is 0. The van der Waals surface area contributed by atoms with Gasteiger partial charge in [0.2, 0.25) is 0 Å². The predicted molar refractivity (Wildman–Crippen MR) is 77.4 cm³/mol. The maximum atomic E-state index is 13.7. The first-order valence-electron chi connectivity index (χ1n) is 6.77. The van der Waals surface area contributed by atoms with Crippen molar-refractivity contribution in [2.24, 2.45) is 0 Å². The van der Waals surface area contributed by atoms with E-state index in [1.807, 2.05) is 0 Å². The molecular weight excluding hydrogens is 275 g/mol. The lowest BCUT2D eigenvalue weighted by Crippen LogP contribution is -2.56. The molecule has 5 nitrogen and oxygen atoms in total. The molecular formula is C15H21FN2O3. The summed E-state index contributed by atoms with van der Waals surface area (Å²) in [6, 6.07) is 5.05. The molecule has 1 atom stereocenters. The number of rotatable bonds is 5. The van der Waals surface area contributed by atoms with E-state index in [4.69, 9.17) is 0 Å². The Balaban J connectivity index is 2.89. The Labute approximate surface area is 123 Å². The molecule has 0 heterocycles. The summed E-state index contributed by atoms with van der Waals surface area (Å²) in [6.45, 7) is 6.48. The summed E-state index contributed by atoms with van der Waals surface area (Å²) in [5, 5.41) is 11.8. The normalized spacial score (nSPS) is 12.6. The number of nitrogens with zero attached hydrogens (tertiary/aromatic N) is 1. The zero-order valence-electron chi connectivity index (χ0n) is 12.7. The minimum atomic E-state index is -1.34. The SMILES string of the molecule is CCN(C(=O)NC(C)c1ccccc1F)C(C)(C)C(=O)O. The van der Waals surface area contributed by atoms with Crippen molar-refractivity contribution in [3.05, 3.63) is 35.6 Å². The summed E-state index contributed by atoms with van der Waals surface area (Å²) >= 11 is 0. The molecule has 0 spiro atoms. The second-order valence-corrected chi connectivity index (χ2v) is 5.30. The van der Waals surface area contributed by atoms with E-state index in [1.54, 1.807) is 32.0 Å². The molecule has 0 aromatic heterocycles. The molecule has 2 N–H and O–H groups in total. The van der Waals surface area contributed by atoms with Crippen molar-refractivity contribution in [2.45, 2.75) is 39.3 Å². The van der Waals surface area contributed by atoms with Crippen LogP contribution in [0.25, 0.3) is 0 Å². The Kier molecular flexibility index (Phi) is 5.29. The molecule has 0 saturated carbocycles. The number of hydrogen-bond donors (Lipinski definition) is 2. The van der Waals surface area contributed by atoms with Crippen molar-refractivity contribution in [1.29, 1.82) is 0 Å². The number of nitrogens with one attached hydrogen (secondary N) is 1. The molecule has 0 aliphatic rings. The molecule has 0 fully saturated rings. The van der Waals surface area contributed by atoms with Crippen molar-refractivity contribution in [1.82, 2.24) is 10.2 Å². The van der Waals surface area contributed by atoms with Crippen LogP contribution in [-0.4, -0.2) is 34.1 Å². The van der Waals surface area contributed by atoms with Gasteiger partial charge in [-0.3, -0.25) is 0 Å². The zero-order valence-corrected chi connectivity index (χ0v) is 12.7. The van der Waals surface area contributed by atoms with Gasteiger partial charge in [-0.1, -0.05) is 18.2 Å². The number of amides is 2. The first-order valence-corrected chi connectivity index (χ1v) is 6.77. The minimum Gasteiger partial charge on any atom is -0.480 e. The van der Waals surface area contributed by atoms with Gasteiger partial charge in [-0.15, -0.1) is 0 Å². The third kappa shape index (κ3) is 3.71. The molecule has 0 aliphatic heterocycles. The van der Waals surface area contributed by atoms with Crippen molar-refractivity contribution in [2.75, 3.05) is 6.54 Å². The van der Waals surface area contributed by atoms with Crippen LogP contribution >= 0.6 is 0 Å². The number of carboxylic acids is 1. The molecule has 6 heteroatoms. The van der Waals surface area contributed by atoms with Crippen LogP contribution < -0.4 is 5.32 Å². The molecule has 1 aromatic carbocycles. The second kappa shape index (κ2) is 6.56. The molecule has 0 saturated heterocycles. The largest absolute Gasteiger partial charge is 0.480 e. The summed E-state index contributed by atoms with van der Waals surface area (Å²) in [6.07, 6.45) is 0. The fourth-order valence-corrected chi connectivity index (χ4v) is 2.08. The smallest absolute Gasteiger partial charge is 0.329 e. The van der Waals surface area contributed by atoms with Gasteiger partial charge < -0.3 is 15.3 Å². The Bertz CT molecular complexity index is 531. The standard InChI is InChI=1S/C15H21FN2O3/c1-5-18(15(3,4)13(19)20)14(21)17-10(2)11-8-6-7-9-12(11)16/h6-10H,5H2,1-4H3,(H,17,21)(H,19,20). The third-order valence-corrected chi connectivity index (χ3v) is 3.47. The first kappa shape index (κ1) is 16.9. The summed E-state index contributed by atoms with van der Waals surface area (Å²) in [5.41, 5.74) is -0.983. The topological polar surface area (TPSA) is 69.6 Å². The average Bonchev–Trinajstić information content (AvgIpc) is 2.39. The van der Waals surface area contributed by atoms with Gasteiger partial charge >= 0.3 is 12.0 Å². The molecule has 1 aromatic rings. The quantitative estimate of drug-likeness (QED) is 0.877. The highest BCUT2D eigenvalue weighted by molar-refractivity contribution is 5.85. The van der Waals surface area contributed by atoms with Crippen LogP contribution in [0.15, 0.2) is 24.3 Å². The summed E-state index contributed by atoms with van der Waals surface area (Å²) < 4.78 is 13.7. The number of likely N-dealkylation sites (N-methyl/N-ethyl adjacent to an activating group) is 1. The number of carbonyl (C=O) groups excluding carboxylic acids is 1. The Morgan fingerprint density at radius 2 is 1.95 bits per heavy atom. The van der Waals surface area contributed by atoms with Gasteiger partial charge in [-0.25, -0.2) is 14.0 Å². The highest BCUT2D eigenvalue weighted by Gasteiger charge is 2.37.